The molecule has 0 bridgehead atoms. The van der Waals surface area contributed by atoms with Gasteiger partial charge in [-0.05, 0) is 47.7 Å². The van der Waals surface area contributed by atoms with Crippen molar-refractivity contribution in [1.82, 2.24) is 5.32 Å². The molecule has 1 atom stereocenters. The Morgan fingerprint density at radius 2 is 1.63 bits per heavy atom. The summed E-state index contributed by atoms with van der Waals surface area (Å²) in [4.78, 5) is 24.5. The van der Waals surface area contributed by atoms with E-state index >= 15 is 0 Å². The van der Waals surface area contributed by atoms with Gasteiger partial charge in [0.1, 0.15) is 0 Å². The van der Waals surface area contributed by atoms with Gasteiger partial charge < -0.3 is 24.3 Å². The quantitative estimate of drug-likeness (QED) is 0.715. The molecular formula is C22H27CaNO6. The molecule has 2 aromatic carbocycles. The van der Waals surface area contributed by atoms with Gasteiger partial charge in [0, 0.05) is 12.5 Å². The average molecular weight is 442 g/mol. The molecule has 30 heavy (non-hydrogen) atoms. The molecule has 0 aliphatic heterocycles. The maximum atomic E-state index is 12.6. The Kier molecular flexibility index (Phi) is 8.41. The molecule has 1 N–H and O–H groups in total. The predicted octanol–water partition coefficient (Wildman–Crippen LogP) is 1.96. The zero-order valence-electron chi connectivity index (χ0n) is 17.3. The van der Waals surface area contributed by atoms with Crippen LogP contribution in [-0.2, 0) is 11.2 Å². The molecule has 0 spiro atoms. The summed E-state index contributed by atoms with van der Waals surface area (Å²) in [5, 5.41) is 2.96. The van der Waals surface area contributed by atoms with Crippen LogP contribution in [-0.4, -0.2) is 72.1 Å². The van der Waals surface area contributed by atoms with Gasteiger partial charge in [-0.3, -0.25) is 9.59 Å². The van der Waals surface area contributed by atoms with E-state index in [2.05, 4.69) is 5.32 Å². The monoisotopic (exact) mass is 441 g/mol. The van der Waals surface area contributed by atoms with Crippen LogP contribution in [0.2, 0.25) is 0 Å². The van der Waals surface area contributed by atoms with Crippen LogP contribution >= 0.6 is 0 Å². The van der Waals surface area contributed by atoms with E-state index in [-0.39, 0.29) is 60.9 Å². The summed E-state index contributed by atoms with van der Waals surface area (Å²) in [6.07, 6.45) is 1.27. The third-order valence-corrected chi connectivity index (χ3v) is 5.10. The van der Waals surface area contributed by atoms with Crippen molar-refractivity contribution >= 4 is 43.6 Å². The Hall–Kier alpha value is -1.96. The second-order valence-corrected chi connectivity index (χ2v) is 6.75. The van der Waals surface area contributed by atoms with Gasteiger partial charge in [0.2, 0.25) is 17.1 Å². The normalized spacial score (nSPS) is 14.2. The second kappa shape index (κ2) is 10.4. The Morgan fingerprint density at radius 3 is 2.20 bits per heavy atom. The fourth-order valence-electron chi connectivity index (χ4n) is 3.86. The van der Waals surface area contributed by atoms with Crippen molar-refractivity contribution in [2.75, 3.05) is 28.4 Å². The number of hydrogen-bond donors (Lipinski definition) is 1. The van der Waals surface area contributed by atoms with E-state index in [1.807, 2.05) is 12.1 Å². The van der Waals surface area contributed by atoms with Gasteiger partial charge in [-0.25, -0.2) is 0 Å². The molecule has 0 unspecified atom stereocenters. The van der Waals surface area contributed by atoms with Crippen molar-refractivity contribution in [2.24, 2.45) is 0 Å². The SMILES string of the molecule is COc1cc2c(c(OC)c1OC)-c1ccc(OC)c(=O)cc1[C@@H](NC(C)=O)CC2.[CaH2]. The van der Waals surface area contributed by atoms with Crippen molar-refractivity contribution in [3.8, 4) is 34.1 Å². The molecule has 0 saturated heterocycles. The van der Waals surface area contributed by atoms with Crippen molar-refractivity contribution < 1.29 is 23.7 Å². The number of nitrogens with one attached hydrogen (secondary N) is 1. The molecule has 1 amide bonds. The first-order chi connectivity index (χ1) is 13.9. The van der Waals surface area contributed by atoms with Gasteiger partial charge in [-0.1, -0.05) is 6.07 Å². The minimum absolute atomic E-state index is 0. The van der Waals surface area contributed by atoms with Crippen LogP contribution < -0.4 is 29.7 Å². The third-order valence-electron chi connectivity index (χ3n) is 5.10. The summed E-state index contributed by atoms with van der Waals surface area (Å²) in [7, 11) is 6.14. The molecule has 0 fully saturated rings. The van der Waals surface area contributed by atoms with Crippen LogP contribution in [0.25, 0.3) is 11.1 Å². The van der Waals surface area contributed by atoms with Gasteiger partial charge in [0.15, 0.2) is 17.2 Å². The maximum absolute atomic E-state index is 12.6. The molecular weight excluding hydrogens is 414 g/mol. The number of methoxy groups -OCH3 is 4. The van der Waals surface area contributed by atoms with Crippen molar-refractivity contribution in [1.29, 1.82) is 0 Å². The summed E-state index contributed by atoms with van der Waals surface area (Å²) in [6, 6.07) is 6.57. The molecule has 0 radical (unpaired) electrons. The van der Waals surface area contributed by atoms with E-state index in [9.17, 15) is 9.59 Å². The van der Waals surface area contributed by atoms with Crippen LogP contribution in [0.15, 0.2) is 29.1 Å². The molecule has 0 saturated carbocycles. The van der Waals surface area contributed by atoms with Crippen LogP contribution in [0.4, 0.5) is 0 Å². The molecule has 3 rings (SSSR count). The molecule has 1 aliphatic carbocycles. The molecule has 8 heteroatoms. The minimum atomic E-state index is -0.332. The van der Waals surface area contributed by atoms with Crippen molar-refractivity contribution in [3.05, 3.63) is 45.6 Å². The third kappa shape index (κ3) is 4.53. The van der Waals surface area contributed by atoms with Crippen molar-refractivity contribution in [2.45, 2.75) is 25.8 Å². The topological polar surface area (TPSA) is 83.1 Å². The predicted molar refractivity (Wildman–Crippen MR) is 118 cm³/mol. The zero-order chi connectivity index (χ0) is 21.1. The van der Waals surface area contributed by atoms with E-state index in [1.54, 1.807) is 27.4 Å². The van der Waals surface area contributed by atoms with Crippen LogP contribution in [0.1, 0.15) is 30.5 Å². The first kappa shape index (κ1) is 24.3. The molecule has 2 aromatic rings. The summed E-state index contributed by atoms with van der Waals surface area (Å²) in [5.74, 6) is 1.60. The van der Waals surface area contributed by atoms with Gasteiger partial charge in [-0.2, -0.15) is 0 Å². The number of rotatable bonds is 5. The molecule has 0 aromatic heterocycles. The molecule has 7 nitrogen and oxygen atoms in total. The molecule has 0 heterocycles. The van der Waals surface area contributed by atoms with E-state index < -0.39 is 0 Å². The summed E-state index contributed by atoms with van der Waals surface area (Å²) >= 11 is 0. The average Bonchev–Trinajstić information content (AvgIpc) is 2.95. The van der Waals surface area contributed by atoms with E-state index in [0.717, 1.165) is 16.7 Å². The number of hydrogen-bond acceptors (Lipinski definition) is 6. The Balaban J connectivity index is 0.00000320. The first-order valence-corrected chi connectivity index (χ1v) is 9.26. The van der Waals surface area contributed by atoms with E-state index in [1.165, 1.54) is 20.1 Å². The summed E-state index contributed by atoms with van der Waals surface area (Å²) in [5.41, 5.74) is 3.01. The number of aryl methyl sites for hydroxylation is 1. The fourth-order valence-corrected chi connectivity index (χ4v) is 3.86. The number of carbonyl (C=O) groups is 1. The van der Waals surface area contributed by atoms with Gasteiger partial charge in [-0.15, -0.1) is 0 Å². The number of amides is 1. The Labute approximate surface area is 205 Å². The van der Waals surface area contributed by atoms with Crippen LogP contribution in [0.5, 0.6) is 23.0 Å². The fraction of sp³-hybridized carbons (Fsp3) is 0.364. The number of ether oxygens (including phenoxy) is 4. The van der Waals surface area contributed by atoms with Gasteiger partial charge >= 0.3 is 37.7 Å². The second-order valence-electron chi connectivity index (χ2n) is 6.75. The number of benzene rings is 1. The molecule has 158 valence electrons. The Bertz CT molecular complexity index is 1010. The Morgan fingerprint density at radius 1 is 0.967 bits per heavy atom. The number of fused-ring (bicyclic) bond motifs is 3. The van der Waals surface area contributed by atoms with Gasteiger partial charge in [0.25, 0.3) is 0 Å². The number of carbonyl (C=O) groups excluding carboxylic acids is 1. The van der Waals surface area contributed by atoms with Crippen molar-refractivity contribution in [3.63, 3.8) is 0 Å². The van der Waals surface area contributed by atoms with Crippen LogP contribution in [0.3, 0.4) is 0 Å². The van der Waals surface area contributed by atoms with E-state index in [4.69, 9.17) is 18.9 Å². The summed E-state index contributed by atoms with van der Waals surface area (Å²) in [6.45, 7) is 1.46. The van der Waals surface area contributed by atoms with Crippen LogP contribution in [0, 0.1) is 0 Å². The van der Waals surface area contributed by atoms with Gasteiger partial charge in [0.05, 0.1) is 34.5 Å². The first-order valence-electron chi connectivity index (χ1n) is 9.26. The molecule has 1 aliphatic rings. The van der Waals surface area contributed by atoms with E-state index in [0.29, 0.717) is 35.7 Å². The summed E-state index contributed by atoms with van der Waals surface area (Å²) < 4.78 is 22.0. The standard InChI is InChI=1S/C22H25NO6.Ca.2H/c1-12(24)23-16-8-6-13-10-19(27-3)21(28-4)22(29-5)20(13)14-7-9-18(26-2)17(25)11-15(14)16;;;/h7,9-11,16H,6,8H2,1-5H3,(H,23,24);;;/t16-;;;/m0.../s1. The zero-order valence-corrected chi connectivity index (χ0v) is 17.3.